The van der Waals surface area contributed by atoms with E-state index in [9.17, 15) is 33.6 Å². The molecule has 2 aliphatic heterocycles. The Morgan fingerprint density at radius 2 is 1.70 bits per heavy atom. The van der Waals surface area contributed by atoms with E-state index in [0.717, 1.165) is 12.0 Å². The number of hydrogen-bond donors (Lipinski definition) is 4. The van der Waals surface area contributed by atoms with Gasteiger partial charge in [0.25, 0.3) is 0 Å². The van der Waals surface area contributed by atoms with E-state index >= 15 is 0 Å². The van der Waals surface area contributed by atoms with E-state index in [1.807, 2.05) is 34.6 Å². The fraction of sp³-hybridized carbons (Fsp3) is 0.667. The van der Waals surface area contributed by atoms with E-state index in [2.05, 4.69) is 22.9 Å². The summed E-state index contributed by atoms with van der Waals surface area (Å²) in [5, 5.41) is 8.23. The topological polar surface area (TPSA) is 197 Å². The van der Waals surface area contributed by atoms with Gasteiger partial charge in [-0.1, -0.05) is 60.1 Å². The number of nitrogens with one attached hydrogen (secondary N) is 3. The summed E-state index contributed by atoms with van der Waals surface area (Å²) in [4.78, 5) is 91.7. The number of benzene rings is 1. The van der Waals surface area contributed by atoms with Crippen LogP contribution in [-0.4, -0.2) is 83.6 Å². The number of unbranched alkanes of at least 4 members (excludes halogenated alkanes) is 2. The van der Waals surface area contributed by atoms with Crippen molar-refractivity contribution in [2.24, 2.45) is 34.8 Å². The van der Waals surface area contributed by atoms with Gasteiger partial charge < -0.3 is 31.3 Å². The zero-order valence-electron chi connectivity index (χ0n) is 32.3. The third kappa shape index (κ3) is 13.8. The van der Waals surface area contributed by atoms with E-state index in [4.69, 9.17) is 10.5 Å². The molecule has 2 heterocycles. The quantitative estimate of drug-likeness (QED) is 0.115. The molecule has 1 aromatic rings. The van der Waals surface area contributed by atoms with Crippen molar-refractivity contribution in [2.75, 3.05) is 31.5 Å². The number of anilines is 1. The number of primary amides is 1. The maximum Gasteiger partial charge on any atom is 0.410 e. The van der Waals surface area contributed by atoms with Gasteiger partial charge in [-0.25, -0.2) is 9.59 Å². The number of Topliss-reactive ketones (excluding diaryl/α,β-unsaturated/α-hetero) is 1. The average molecular weight is 741 g/mol. The second kappa shape index (κ2) is 20.1. The van der Waals surface area contributed by atoms with Crippen LogP contribution in [-0.2, 0) is 35.3 Å². The maximum absolute atomic E-state index is 13.6. The first kappa shape index (κ1) is 42.9. The number of imide groups is 1. The number of likely N-dealkylation sites (tertiary alicyclic amines) is 2. The van der Waals surface area contributed by atoms with Crippen LogP contribution in [0, 0.1) is 29.1 Å². The van der Waals surface area contributed by atoms with Crippen LogP contribution in [0.15, 0.2) is 24.3 Å². The van der Waals surface area contributed by atoms with Crippen molar-refractivity contribution in [2.45, 2.75) is 112 Å². The van der Waals surface area contributed by atoms with Crippen LogP contribution in [0.5, 0.6) is 0 Å². The van der Waals surface area contributed by atoms with Crippen LogP contribution in [0.1, 0.15) is 105 Å². The van der Waals surface area contributed by atoms with Crippen molar-refractivity contribution in [3.8, 4) is 0 Å². The molecule has 2 fully saturated rings. The molecular formula is C39H60N6O8. The molecule has 0 radical (unpaired) electrons. The molecule has 0 aliphatic carbocycles. The first-order valence-corrected chi connectivity index (χ1v) is 19.0. The molecule has 5 N–H and O–H groups in total. The normalized spacial score (nSPS) is 18.5. The minimum atomic E-state index is -0.804. The molecule has 1 unspecified atom stereocenters. The summed E-state index contributed by atoms with van der Waals surface area (Å²) in [5.74, 6) is -2.06. The second-order valence-electron chi connectivity index (χ2n) is 16.0. The van der Waals surface area contributed by atoms with Gasteiger partial charge in [-0.2, -0.15) is 0 Å². The summed E-state index contributed by atoms with van der Waals surface area (Å²) in [6, 6.07) is 5.43. The number of nitrogens with zero attached hydrogens (tertiary/aromatic N) is 2. The third-order valence-electron chi connectivity index (χ3n) is 10.0. The Kier molecular flexibility index (Phi) is 16.3. The highest BCUT2D eigenvalue weighted by atomic mass is 16.6. The van der Waals surface area contributed by atoms with Crippen molar-refractivity contribution in [1.82, 2.24) is 20.4 Å². The predicted molar refractivity (Wildman–Crippen MR) is 200 cm³/mol. The molecule has 0 aromatic heterocycles. The Balaban J connectivity index is 1.51. The number of ether oxygens (including phenoxy) is 1. The van der Waals surface area contributed by atoms with Crippen molar-refractivity contribution in [3.63, 3.8) is 0 Å². The van der Waals surface area contributed by atoms with Gasteiger partial charge in [0.2, 0.25) is 23.6 Å². The predicted octanol–water partition coefficient (Wildman–Crippen LogP) is 4.75. The van der Waals surface area contributed by atoms with Crippen LogP contribution in [0.25, 0.3) is 0 Å². The van der Waals surface area contributed by atoms with Gasteiger partial charge in [-0.15, -0.1) is 0 Å². The number of amides is 7. The molecule has 0 saturated carbocycles. The summed E-state index contributed by atoms with van der Waals surface area (Å²) >= 11 is 0. The summed E-state index contributed by atoms with van der Waals surface area (Å²) < 4.78 is 5.44. The molecule has 1 aromatic carbocycles. The molecule has 3 rings (SSSR count). The van der Waals surface area contributed by atoms with Gasteiger partial charge in [-0.3, -0.25) is 28.9 Å². The Morgan fingerprint density at radius 1 is 1.00 bits per heavy atom. The number of carbonyl (C=O) groups is 7. The number of nitrogens with two attached hydrogens (primary N) is 1. The zero-order chi connectivity index (χ0) is 39.3. The van der Waals surface area contributed by atoms with Crippen molar-refractivity contribution in [1.29, 1.82) is 0 Å². The largest absolute Gasteiger partial charge is 0.445 e. The van der Waals surface area contributed by atoms with E-state index in [-0.39, 0.29) is 91.6 Å². The molecule has 2 saturated heterocycles. The fourth-order valence-corrected chi connectivity index (χ4v) is 6.71. The Bertz CT molecular complexity index is 1460. The number of carbonyl (C=O) groups excluding carboxylic acids is 7. The van der Waals surface area contributed by atoms with Crippen LogP contribution in [0.4, 0.5) is 15.3 Å². The fourth-order valence-electron chi connectivity index (χ4n) is 6.71. The second-order valence-corrected chi connectivity index (χ2v) is 16.0. The lowest BCUT2D eigenvalue weighted by molar-refractivity contribution is -0.140. The lowest BCUT2D eigenvalue weighted by Crippen LogP contribution is -2.45. The van der Waals surface area contributed by atoms with E-state index in [1.165, 1.54) is 4.90 Å². The van der Waals surface area contributed by atoms with E-state index in [0.29, 0.717) is 56.9 Å². The minimum Gasteiger partial charge on any atom is -0.445 e. The third-order valence-corrected chi connectivity index (χ3v) is 10.0. The number of hydrogen-bond acceptors (Lipinski definition) is 8. The average Bonchev–Trinajstić information content (AvgIpc) is 3.65. The highest BCUT2D eigenvalue weighted by molar-refractivity contribution is 6.04. The summed E-state index contributed by atoms with van der Waals surface area (Å²) in [7, 11) is 0. The first-order chi connectivity index (χ1) is 25.0. The summed E-state index contributed by atoms with van der Waals surface area (Å²) in [6.07, 6.45) is 3.34. The molecule has 2 aliphatic rings. The minimum absolute atomic E-state index is 0.100. The van der Waals surface area contributed by atoms with Crippen molar-refractivity contribution >= 4 is 47.2 Å². The molecule has 0 spiro atoms. The monoisotopic (exact) mass is 740 g/mol. The van der Waals surface area contributed by atoms with Gasteiger partial charge >= 0.3 is 12.1 Å². The number of urea groups is 1. The molecular weight excluding hydrogens is 680 g/mol. The molecule has 294 valence electrons. The highest BCUT2D eigenvalue weighted by Gasteiger charge is 2.44. The van der Waals surface area contributed by atoms with Crippen LogP contribution in [0.2, 0.25) is 0 Å². The van der Waals surface area contributed by atoms with Crippen LogP contribution < -0.4 is 21.7 Å². The number of rotatable bonds is 19. The Labute approximate surface area is 313 Å². The smallest absolute Gasteiger partial charge is 0.410 e. The molecule has 0 bridgehead atoms. The number of ketones is 1. The molecule has 14 heteroatoms. The van der Waals surface area contributed by atoms with Crippen molar-refractivity contribution < 1.29 is 38.3 Å². The molecule has 53 heavy (non-hydrogen) atoms. The van der Waals surface area contributed by atoms with Gasteiger partial charge in [0, 0.05) is 57.0 Å². The maximum atomic E-state index is 13.6. The van der Waals surface area contributed by atoms with Gasteiger partial charge in [-0.05, 0) is 67.1 Å². The van der Waals surface area contributed by atoms with Crippen LogP contribution in [0.3, 0.4) is 0 Å². The standard InChI is InChI=1S/C39H60N6O8/c1-25(2)34(43-32(47)12-8-7-9-19-45-33(48)22-30(36(45)50)39(4,5)6)31(46)21-28(11-10-18-41-37(40)51)35(49)42-29-15-13-27(14-16-29)24-53-38(52)44-20-17-26(3)23-44/h13-16,25-26,28,30,34H,7-12,17-24H2,1-6H3,(H,42,49)(H,43,47)(H3,40,41,51)/t26-,28+,30?,34-/m0/s1. The highest BCUT2D eigenvalue weighted by Crippen LogP contribution is 2.35. The first-order valence-electron chi connectivity index (χ1n) is 19.0. The Morgan fingerprint density at radius 3 is 2.28 bits per heavy atom. The lowest BCUT2D eigenvalue weighted by atomic mass is 9.80. The molecule has 4 atom stereocenters. The summed E-state index contributed by atoms with van der Waals surface area (Å²) in [5.41, 5.74) is 6.17. The Hall–Kier alpha value is -4.49. The van der Waals surface area contributed by atoms with Gasteiger partial charge in [0.05, 0.1) is 12.0 Å². The lowest BCUT2D eigenvalue weighted by Gasteiger charge is -2.25. The van der Waals surface area contributed by atoms with Crippen molar-refractivity contribution in [3.05, 3.63) is 29.8 Å². The zero-order valence-corrected chi connectivity index (χ0v) is 32.3. The molecule has 14 nitrogen and oxygen atoms in total. The van der Waals surface area contributed by atoms with E-state index < -0.39 is 18.0 Å². The van der Waals surface area contributed by atoms with Gasteiger partial charge in [0.1, 0.15) is 6.61 Å². The summed E-state index contributed by atoms with van der Waals surface area (Å²) in [6.45, 7) is 13.7. The van der Waals surface area contributed by atoms with Gasteiger partial charge in [0.15, 0.2) is 5.78 Å². The van der Waals surface area contributed by atoms with Crippen LogP contribution >= 0.6 is 0 Å². The SMILES string of the molecule is CC(C)[C@H](NC(=O)CCCCCN1C(=O)CC(C(C)(C)C)C1=O)C(=O)C[C@@H](CCCNC(N)=O)C(=O)Nc1ccc(COC(=O)N2CC[C@H](C)C2)cc1. The molecule has 7 amide bonds. The van der Waals surface area contributed by atoms with E-state index in [1.54, 1.807) is 29.2 Å².